The number of benzene rings is 1. The van der Waals surface area contributed by atoms with E-state index in [1.165, 1.54) is 0 Å². The second kappa shape index (κ2) is 9.05. The maximum Gasteiger partial charge on any atom is 0.243 e. The summed E-state index contributed by atoms with van der Waals surface area (Å²) in [4.78, 5) is 0.373. The Morgan fingerprint density at radius 2 is 1.36 bits per heavy atom. The first kappa shape index (κ1) is 25.4. The third-order valence-corrected chi connectivity index (χ3v) is 17.1. The molecular formula is C26H43NO4SSi. The molecule has 1 aromatic carbocycles. The molecule has 186 valence electrons. The van der Waals surface area contributed by atoms with Crippen LogP contribution in [0, 0.1) is 18.8 Å². The smallest absolute Gasteiger partial charge is 0.243 e. The molecule has 2 aliphatic heterocycles. The van der Waals surface area contributed by atoms with Gasteiger partial charge in [-0.05, 0) is 61.4 Å². The molecule has 3 fully saturated rings. The van der Waals surface area contributed by atoms with E-state index in [1.807, 2.05) is 19.1 Å². The molecule has 1 saturated carbocycles. The Kier molecular flexibility index (Phi) is 6.95. The molecule has 4 rings (SSSR count). The monoisotopic (exact) mass is 493 g/mol. The summed E-state index contributed by atoms with van der Waals surface area (Å²) >= 11 is 0. The first-order valence-corrected chi connectivity index (χ1v) is 16.4. The fourth-order valence-corrected chi connectivity index (χ4v) is 15.2. The molecule has 0 radical (unpaired) electrons. The van der Waals surface area contributed by atoms with Crippen molar-refractivity contribution >= 4 is 18.3 Å². The molecule has 1 aliphatic carbocycles. The van der Waals surface area contributed by atoms with Gasteiger partial charge in [0.05, 0.1) is 11.0 Å². The van der Waals surface area contributed by atoms with E-state index in [0.29, 0.717) is 21.5 Å². The van der Waals surface area contributed by atoms with Crippen LogP contribution >= 0.6 is 0 Å². The SMILES string of the molecule is Cc1ccc(S(=O)(=O)N2[C@@H]3CC[C@H]2[C@@H]2CC(O[Si](C(C)C)(C(C)C)C(C)C)C[C@H]3C2O)cc1. The van der Waals surface area contributed by atoms with E-state index in [-0.39, 0.29) is 30.0 Å². The molecule has 3 aliphatic rings. The zero-order valence-electron chi connectivity index (χ0n) is 21.4. The zero-order chi connectivity index (χ0) is 24.3. The van der Waals surface area contributed by atoms with Crippen molar-refractivity contribution in [1.82, 2.24) is 4.31 Å². The predicted octanol–water partition coefficient (Wildman–Crippen LogP) is 5.48. The number of hydrogen-bond donors (Lipinski definition) is 1. The van der Waals surface area contributed by atoms with Gasteiger partial charge in [-0.2, -0.15) is 4.31 Å². The molecule has 4 bridgehead atoms. The van der Waals surface area contributed by atoms with Crippen LogP contribution in [-0.2, 0) is 14.4 Å². The van der Waals surface area contributed by atoms with E-state index in [9.17, 15) is 13.5 Å². The Hall–Kier alpha value is -0.733. The number of hydrogen-bond acceptors (Lipinski definition) is 4. The topological polar surface area (TPSA) is 66.8 Å². The van der Waals surface area contributed by atoms with Gasteiger partial charge in [0.15, 0.2) is 0 Å². The number of aliphatic hydroxyl groups excluding tert-OH is 1. The van der Waals surface area contributed by atoms with Gasteiger partial charge in [-0.3, -0.25) is 0 Å². The highest BCUT2D eigenvalue weighted by Crippen LogP contribution is 2.53. The average molecular weight is 494 g/mol. The van der Waals surface area contributed by atoms with Gasteiger partial charge in [0, 0.05) is 30.0 Å². The Labute approximate surface area is 202 Å². The van der Waals surface area contributed by atoms with Crippen LogP contribution in [0.4, 0.5) is 0 Å². The minimum absolute atomic E-state index is 0.0501. The molecule has 0 spiro atoms. The number of fused-ring (bicyclic) bond motifs is 6. The van der Waals surface area contributed by atoms with Crippen molar-refractivity contribution in [2.75, 3.05) is 0 Å². The fraction of sp³-hybridized carbons (Fsp3) is 0.769. The lowest BCUT2D eigenvalue weighted by Gasteiger charge is -2.54. The summed E-state index contributed by atoms with van der Waals surface area (Å²) in [5.41, 5.74) is 2.59. The summed E-state index contributed by atoms with van der Waals surface area (Å²) < 4.78 is 36.3. The third kappa shape index (κ3) is 4.06. The van der Waals surface area contributed by atoms with Gasteiger partial charge in [0.25, 0.3) is 0 Å². The van der Waals surface area contributed by atoms with Crippen LogP contribution in [0.3, 0.4) is 0 Å². The molecule has 1 aromatic rings. The van der Waals surface area contributed by atoms with Gasteiger partial charge in [0.1, 0.15) is 0 Å². The molecule has 2 heterocycles. The van der Waals surface area contributed by atoms with E-state index < -0.39 is 24.4 Å². The lowest BCUT2D eigenvalue weighted by molar-refractivity contribution is -0.0960. The number of sulfonamides is 1. The van der Waals surface area contributed by atoms with Crippen LogP contribution in [0.2, 0.25) is 16.6 Å². The first-order valence-electron chi connectivity index (χ1n) is 12.9. The van der Waals surface area contributed by atoms with E-state index in [4.69, 9.17) is 4.43 Å². The second-order valence-electron chi connectivity index (χ2n) is 11.7. The quantitative estimate of drug-likeness (QED) is 0.511. The minimum atomic E-state index is -3.58. The van der Waals surface area contributed by atoms with Crippen LogP contribution < -0.4 is 0 Å². The Balaban J connectivity index is 1.63. The van der Waals surface area contributed by atoms with Crippen molar-refractivity contribution in [1.29, 1.82) is 0 Å². The van der Waals surface area contributed by atoms with Gasteiger partial charge in [-0.1, -0.05) is 59.2 Å². The largest absolute Gasteiger partial charge is 0.413 e. The summed E-state index contributed by atoms with van der Waals surface area (Å²) in [6.45, 7) is 15.8. The summed E-state index contributed by atoms with van der Waals surface area (Å²) in [7, 11) is -5.62. The maximum absolute atomic E-state index is 13.7. The highest BCUT2D eigenvalue weighted by Gasteiger charge is 2.60. The summed E-state index contributed by atoms with van der Waals surface area (Å²) in [5, 5.41) is 11.2. The molecule has 2 unspecified atom stereocenters. The van der Waals surface area contributed by atoms with Crippen molar-refractivity contribution in [3.63, 3.8) is 0 Å². The van der Waals surface area contributed by atoms with Crippen LogP contribution in [0.5, 0.6) is 0 Å². The van der Waals surface area contributed by atoms with E-state index in [0.717, 1.165) is 31.2 Å². The van der Waals surface area contributed by atoms with Crippen molar-refractivity contribution in [3.05, 3.63) is 29.8 Å². The highest BCUT2D eigenvalue weighted by atomic mass is 32.2. The number of rotatable bonds is 7. The van der Waals surface area contributed by atoms with Crippen LogP contribution in [0.1, 0.15) is 72.8 Å². The average Bonchev–Trinajstić information content (AvgIpc) is 3.14. The number of piperidine rings is 1. The van der Waals surface area contributed by atoms with Crippen molar-refractivity contribution < 1.29 is 18.0 Å². The summed E-state index contributed by atoms with van der Waals surface area (Å²) in [5.74, 6) is -0.100. The molecule has 33 heavy (non-hydrogen) atoms. The fourth-order valence-electron chi connectivity index (χ4n) is 7.70. The zero-order valence-corrected chi connectivity index (χ0v) is 23.2. The number of aryl methyl sites for hydroxylation is 1. The van der Waals surface area contributed by atoms with E-state index >= 15 is 0 Å². The van der Waals surface area contributed by atoms with E-state index in [1.54, 1.807) is 16.4 Å². The third-order valence-electron chi connectivity index (χ3n) is 9.02. The van der Waals surface area contributed by atoms with Gasteiger partial charge in [0.2, 0.25) is 18.3 Å². The molecule has 0 amide bonds. The van der Waals surface area contributed by atoms with Crippen LogP contribution in [-0.4, -0.2) is 50.4 Å². The molecule has 2 saturated heterocycles. The van der Waals surface area contributed by atoms with Crippen molar-refractivity contribution in [3.8, 4) is 0 Å². The number of nitrogens with zero attached hydrogens (tertiary/aromatic N) is 1. The minimum Gasteiger partial charge on any atom is -0.413 e. The molecule has 7 heteroatoms. The molecule has 0 aromatic heterocycles. The Bertz CT molecular complexity index is 902. The first-order chi connectivity index (χ1) is 15.4. The standard InChI is InChI=1S/C26H43NO4SSi/c1-16(2)33(17(3)4,18(5)6)31-20-14-22-24-12-13-25(23(15-20)26(22)28)27(24)32(29,30)21-10-8-19(7)9-11-21/h8-11,16-18,20,22-26,28H,12-15H2,1-7H3/t20?,22-,23+,24-,25+,26?. The Morgan fingerprint density at radius 3 is 1.79 bits per heavy atom. The van der Waals surface area contributed by atoms with E-state index in [2.05, 4.69) is 41.5 Å². The second-order valence-corrected chi connectivity index (χ2v) is 19.0. The molecule has 1 N–H and O–H groups in total. The summed E-state index contributed by atoms with van der Waals surface area (Å²) in [6, 6.07) is 6.92. The molecular weight excluding hydrogens is 450 g/mol. The maximum atomic E-state index is 13.7. The predicted molar refractivity (Wildman–Crippen MR) is 135 cm³/mol. The lowest BCUT2D eigenvalue weighted by Crippen LogP contribution is -2.63. The Morgan fingerprint density at radius 1 is 0.909 bits per heavy atom. The summed E-state index contributed by atoms with van der Waals surface area (Å²) in [6.07, 6.45) is 2.88. The van der Waals surface area contributed by atoms with Gasteiger partial charge in [-0.25, -0.2) is 8.42 Å². The van der Waals surface area contributed by atoms with Crippen LogP contribution in [0.15, 0.2) is 29.2 Å². The molecule has 6 atom stereocenters. The lowest BCUT2D eigenvalue weighted by atomic mass is 9.70. The van der Waals surface area contributed by atoms with Crippen molar-refractivity contribution in [2.24, 2.45) is 11.8 Å². The van der Waals surface area contributed by atoms with Gasteiger partial charge < -0.3 is 9.53 Å². The van der Waals surface area contributed by atoms with Crippen LogP contribution in [0.25, 0.3) is 0 Å². The van der Waals surface area contributed by atoms with Gasteiger partial charge >= 0.3 is 0 Å². The number of aliphatic hydroxyl groups is 1. The molecule has 5 nitrogen and oxygen atoms in total. The van der Waals surface area contributed by atoms with Gasteiger partial charge in [-0.15, -0.1) is 0 Å². The normalized spacial score (nSPS) is 32.8. The van der Waals surface area contributed by atoms with Crippen molar-refractivity contribution in [2.45, 2.75) is 120 Å². The highest BCUT2D eigenvalue weighted by molar-refractivity contribution is 7.89.